The first-order chi connectivity index (χ1) is 10.1. The Hall–Kier alpha value is -1.89. The first-order valence-electron chi connectivity index (χ1n) is 6.64. The maximum absolute atomic E-state index is 12.2. The normalized spacial score (nSPS) is 15.3. The van der Waals surface area contributed by atoms with Crippen LogP contribution in [0.2, 0.25) is 0 Å². The fourth-order valence-electron chi connectivity index (χ4n) is 2.11. The van der Waals surface area contributed by atoms with Crippen molar-refractivity contribution in [1.82, 2.24) is 0 Å². The Morgan fingerprint density at radius 3 is 2.76 bits per heavy atom. The molecule has 0 atom stereocenters. The molecule has 1 aromatic carbocycles. The van der Waals surface area contributed by atoms with Crippen LogP contribution >= 0.6 is 11.3 Å². The van der Waals surface area contributed by atoms with E-state index in [-0.39, 0.29) is 12.2 Å². The number of nitrogens with one attached hydrogen (secondary N) is 1. The van der Waals surface area contributed by atoms with E-state index in [1.54, 1.807) is 6.07 Å². The van der Waals surface area contributed by atoms with Gasteiger partial charge in [0.1, 0.15) is 0 Å². The summed E-state index contributed by atoms with van der Waals surface area (Å²) in [5.74, 6) is -0.162. The minimum Gasteiger partial charge on any atom is -0.398 e. The van der Waals surface area contributed by atoms with Crippen molar-refractivity contribution in [3.63, 3.8) is 0 Å². The lowest BCUT2D eigenvalue weighted by Gasteiger charge is -2.11. The van der Waals surface area contributed by atoms with Gasteiger partial charge in [-0.1, -0.05) is 12.1 Å². The van der Waals surface area contributed by atoms with E-state index < -0.39 is 0 Å². The monoisotopic (exact) mass is 304 g/mol. The number of nitrogen functional groups attached to an aromatic ring is 1. The molecule has 6 heteroatoms. The van der Waals surface area contributed by atoms with Crippen molar-refractivity contribution in [1.29, 1.82) is 0 Å². The van der Waals surface area contributed by atoms with E-state index in [0.717, 1.165) is 10.4 Å². The minimum absolute atomic E-state index is 0.162. The molecular formula is C15H16N2O3S. The molecule has 21 heavy (non-hydrogen) atoms. The van der Waals surface area contributed by atoms with Crippen LogP contribution in [-0.2, 0) is 9.47 Å². The molecule has 1 aliphatic rings. The summed E-state index contributed by atoms with van der Waals surface area (Å²) in [6.07, 6.45) is -0.346. The Kier molecular flexibility index (Phi) is 3.92. The third-order valence-electron chi connectivity index (χ3n) is 3.22. The molecule has 1 fully saturated rings. The molecule has 0 bridgehead atoms. The summed E-state index contributed by atoms with van der Waals surface area (Å²) >= 11 is 1.38. The van der Waals surface area contributed by atoms with Gasteiger partial charge in [-0.3, -0.25) is 4.79 Å². The second kappa shape index (κ2) is 5.85. The summed E-state index contributed by atoms with van der Waals surface area (Å²) in [6.45, 7) is 3.08. The number of nitrogens with two attached hydrogens (primary N) is 1. The van der Waals surface area contributed by atoms with Gasteiger partial charge in [0, 0.05) is 21.8 Å². The van der Waals surface area contributed by atoms with Gasteiger partial charge in [-0.15, -0.1) is 11.3 Å². The zero-order chi connectivity index (χ0) is 14.8. The maximum atomic E-state index is 12.2. The highest BCUT2D eigenvalue weighted by Gasteiger charge is 2.19. The molecule has 110 valence electrons. The smallest absolute Gasteiger partial charge is 0.265 e. The Balaban J connectivity index is 1.75. The Morgan fingerprint density at radius 1 is 1.33 bits per heavy atom. The van der Waals surface area contributed by atoms with Crippen LogP contribution in [0, 0.1) is 6.92 Å². The number of amides is 1. The van der Waals surface area contributed by atoms with Crippen molar-refractivity contribution < 1.29 is 14.3 Å². The van der Waals surface area contributed by atoms with E-state index in [2.05, 4.69) is 5.32 Å². The largest absolute Gasteiger partial charge is 0.398 e. The maximum Gasteiger partial charge on any atom is 0.265 e. The fraction of sp³-hybridized carbons (Fsp3) is 0.267. The van der Waals surface area contributed by atoms with Crippen molar-refractivity contribution in [2.75, 3.05) is 24.3 Å². The van der Waals surface area contributed by atoms with Crippen LogP contribution in [0.4, 0.5) is 11.4 Å². The second-order valence-corrected chi connectivity index (χ2v) is 6.03. The number of ether oxygens (including phenoxy) is 2. The predicted molar refractivity (Wildman–Crippen MR) is 82.5 cm³/mol. The predicted octanol–water partition coefficient (Wildman–Crippen LogP) is 2.94. The number of hydrogen-bond acceptors (Lipinski definition) is 5. The van der Waals surface area contributed by atoms with Crippen molar-refractivity contribution >= 4 is 28.6 Å². The van der Waals surface area contributed by atoms with E-state index in [4.69, 9.17) is 15.2 Å². The van der Waals surface area contributed by atoms with Gasteiger partial charge < -0.3 is 20.5 Å². The minimum atomic E-state index is -0.346. The highest BCUT2D eigenvalue weighted by Crippen LogP contribution is 2.27. The first kappa shape index (κ1) is 14.1. The van der Waals surface area contributed by atoms with Gasteiger partial charge in [0.25, 0.3) is 5.91 Å². The van der Waals surface area contributed by atoms with E-state index in [9.17, 15) is 4.79 Å². The topological polar surface area (TPSA) is 73.6 Å². The highest BCUT2D eigenvalue weighted by molar-refractivity contribution is 7.14. The molecule has 0 spiro atoms. The van der Waals surface area contributed by atoms with Crippen molar-refractivity contribution in [2.45, 2.75) is 13.2 Å². The SMILES string of the molecule is Cc1sc(C(=O)Nc2cccc(C3OCCO3)c2)cc1N. The van der Waals surface area contributed by atoms with Crippen molar-refractivity contribution in [3.05, 3.63) is 45.6 Å². The van der Waals surface area contributed by atoms with Gasteiger partial charge in [-0.05, 0) is 25.1 Å². The lowest BCUT2D eigenvalue weighted by Crippen LogP contribution is -2.10. The lowest BCUT2D eigenvalue weighted by molar-refractivity contribution is -0.0440. The number of rotatable bonds is 3. The van der Waals surface area contributed by atoms with Gasteiger partial charge in [0.05, 0.1) is 18.1 Å². The average molecular weight is 304 g/mol. The average Bonchev–Trinajstić information content (AvgIpc) is 3.10. The molecular weight excluding hydrogens is 288 g/mol. The number of thiophene rings is 1. The van der Waals surface area contributed by atoms with Crippen LogP contribution in [-0.4, -0.2) is 19.1 Å². The quantitative estimate of drug-likeness (QED) is 0.914. The summed E-state index contributed by atoms with van der Waals surface area (Å²) in [5.41, 5.74) is 8.03. The van der Waals surface area contributed by atoms with Gasteiger partial charge in [0.2, 0.25) is 0 Å². The molecule has 5 nitrogen and oxygen atoms in total. The first-order valence-corrected chi connectivity index (χ1v) is 7.45. The summed E-state index contributed by atoms with van der Waals surface area (Å²) in [6, 6.07) is 9.17. The molecule has 3 N–H and O–H groups in total. The molecule has 1 aromatic heterocycles. The summed E-state index contributed by atoms with van der Waals surface area (Å²) < 4.78 is 10.9. The van der Waals surface area contributed by atoms with Crippen molar-refractivity contribution in [3.8, 4) is 0 Å². The number of benzene rings is 1. The molecule has 0 aliphatic carbocycles. The number of aryl methyl sites for hydroxylation is 1. The molecule has 0 radical (unpaired) electrons. The molecule has 1 saturated heterocycles. The molecule has 2 heterocycles. The van der Waals surface area contributed by atoms with E-state index in [1.807, 2.05) is 31.2 Å². The van der Waals surface area contributed by atoms with Gasteiger partial charge in [-0.25, -0.2) is 0 Å². The molecule has 3 rings (SSSR count). The zero-order valence-electron chi connectivity index (χ0n) is 11.6. The van der Waals surface area contributed by atoms with Crippen LogP contribution in [0.25, 0.3) is 0 Å². The van der Waals surface area contributed by atoms with Crippen LogP contribution < -0.4 is 11.1 Å². The van der Waals surface area contributed by atoms with Crippen LogP contribution in [0.15, 0.2) is 30.3 Å². The van der Waals surface area contributed by atoms with Crippen LogP contribution in [0.1, 0.15) is 26.4 Å². The second-order valence-electron chi connectivity index (χ2n) is 4.78. The summed E-state index contributed by atoms with van der Waals surface area (Å²) in [7, 11) is 0. The van der Waals surface area contributed by atoms with Crippen LogP contribution in [0.5, 0.6) is 0 Å². The summed E-state index contributed by atoms with van der Waals surface area (Å²) in [4.78, 5) is 13.7. The Labute approximate surface area is 126 Å². The van der Waals surface area contributed by atoms with Gasteiger partial charge >= 0.3 is 0 Å². The summed E-state index contributed by atoms with van der Waals surface area (Å²) in [5, 5.41) is 2.87. The van der Waals surface area contributed by atoms with E-state index in [1.165, 1.54) is 11.3 Å². The Bertz CT molecular complexity index is 643. The molecule has 0 unspecified atom stereocenters. The molecule has 0 saturated carbocycles. The third-order valence-corrected chi connectivity index (χ3v) is 4.28. The molecule has 2 aromatic rings. The third kappa shape index (κ3) is 3.07. The highest BCUT2D eigenvalue weighted by atomic mass is 32.1. The number of carbonyl (C=O) groups excluding carboxylic acids is 1. The van der Waals surface area contributed by atoms with Gasteiger partial charge in [-0.2, -0.15) is 0 Å². The van der Waals surface area contributed by atoms with E-state index in [0.29, 0.717) is 29.5 Å². The Morgan fingerprint density at radius 2 is 2.10 bits per heavy atom. The number of carbonyl (C=O) groups is 1. The van der Waals surface area contributed by atoms with Crippen molar-refractivity contribution in [2.24, 2.45) is 0 Å². The standard InChI is InChI=1S/C15H16N2O3S/c1-9-12(16)8-13(21-9)14(18)17-11-4-2-3-10(7-11)15-19-5-6-20-15/h2-4,7-8,15H,5-6,16H2,1H3,(H,17,18). The number of anilines is 2. The molecule has 1 amide bonds. The van der Waals surface area contributed by atoms with E-state index >= 15 is 0 Å². The van der Waals surface area contributed by atoms with Gasteiger partial charge in [0.15, 0.2) is 6.29 Å². The fourth-order valence-corrected chi connectivity index (χ4v) is 2.95. The number of hydrogen-bond donors (Lipinski definition) is 2. The van der Waals surface area contributed by atoms with Crippen LogP contribution in [0.3, 0.4) is 0 Å². The lowest BCUT2D eigenvalue weighted by atomic mass is 10.2. The molecule has 1 aliphatic heterocycles. The zero-order valence-corrected chi connectivity index (χ0v) is 12.4.